The van der Waals surface area contributed by atoms with E-state index in [2.05, 4.69) is 0 Å². The van der Waals surface area contributed by atoms with Crippen LogP contribution >= 0.6 is 0 Å². The Morgan fingerprint density at radius 3 is 2.16 bits per heavy atom. The minimum atomic E-state index is -1.99. The maximum Gasteiger partial charge on any atom is 0.187 e. The van der Waals surface area contributed by atoms with Gasteiger partial charge in [-0.3, -0.25) is 0 Å². The second-order valence-electron chi connectivity index (χ2n) is 8.05. The molecule has 0 radical (unpaired) electrons. The van der Waals surface area contributed by atoms with E-state index in [1.807, 2.05) is 0 Å². The zero-order chi connectivity index (χ0) is 23.1. The van der Waals surface area contributed by atoms with Crippen LogP contribution in [0.1, 0.15) is 6.92 Å². The van der Waals surface area contributed by atoms with Gasteiger partial charge >= 0.3 is 0 Å². The van der Waals surface area contributed by atoms with Crippen LogP contribution in [0.4, 0.5) is 0 Å². The SMILES string of the molecule is C[C@@H]1O[C@@H](OC[C@H]2O[C@@H](O)[C@H](O)[C@@H](O)[C@@H]2O)[C@H](O[C@@H]2OC[C@](O)(CO)[C@H]2O)[C@H](O)[C@H]1O. The first-order valence-electron chi connectivity index (χ1n) is 9.79. The molecule has 0 saturated carbocycles. The average Bonchev–Trinajstić information content (AvgIpc) is 3.03. The number of hydrogen-bond acceptors (Lipinski definition) is 14. The first kappa shape index (κ1) is 25.1. The highest BCUT2D eigenvalue weighted by molar-refractivity contribution is 4.96. The summed E-state index contributed by atoms with van der Waals surface area (Å²) in [6, 6.07) is 0. The van der Waals surface area contributed by atoms with Gasteiger partial charge in [0.05, 0.1) is 25.9 Å². The van der Waals surface area contributed by atoms with Crippen molar-refractivity contribution in [1.82, 2.24) is 0 Å². The molecule has 9 N–H and O–H groups in total. The standard InChI is InChI=1S/C17H30O14/c1-5-7(19)10(22)12(31-16-13(24)17(26,3-18)4-28-16)15(29-5)27-2-6-8(20)9(21)11(23)14(25)30-6/h5-16,18-26H,2-4H2,1H3/t5-,6+,7-,8+,9-,10+,11+,12+,13-,14+,15+,16-,17+/m0/s1. The van der Waals surface area contributed by atoms with E-state index >= 15 is 0 Å². The summed E-state index contributed by atoms with van der Waals surface area (Å²) in [5.74, 6) is 0. The third-order valence-electron chi connectivity index (χ3n) is 5.77. The molecule has 3 rings (SSSR count). The summed E-state index contributed by atoms with van der Waals surface area (Å²) in [7, 11) is 0. The van der Waals surface area contributed by atoms with Crippen LogP contribution in [0.15, 0.2) is 0 Å². The Bertz CT molecular complexity index is 595. The van der Waals surface area contributed by atoms with Gasteiger partial charge < -0.3 is 69.6 Å². The predicted molar refractivity (Wildman–Crippen MR) is 93.9 cm³/mol. The summed E-state index contributed by atoms with van der Waals surface area (Å²) in [6.45, 7) is -0.313. The molecular formula is C17H30O14. The topological polar surface area (TPSA) is 228 Å². The first-order valence-corrected chi connectivity index (χ1v) is 9.79. The Morgan fingerprint density at radius 2 is 1.55 bits per heavy atom. The van der Waals surface area contributed by atoms with Crippen LogP contribution in [0.3, 0.4) is 0 Å². The van der Waals surface area contributed by atoms with E-state index in [1.165, 1.54) is 6.92 Å². The van der Waals surface area contributed by atoms with Gasteiger partial charge in [-0.2, -0.15) is 0 Å². The van der Waals surface area contributed by atoms with Crippen LogP contribution in [-0.4, -0.2) is 145 Å². The van der Waals surface area contributed by atoms with Crippen molar-refractivity contribution in [3.05, 3.63) is 0 Å². The van der Waals surface area contributed by atoms with Gasteiger partial charge in [-0.25, -0.2) is 0 Å². The number of rotatable bonds is 6. The maximum atomic E-state index is 10.4. The molecule has 3 aliphatic heterocycles. The van der Waals surface area contributed by atoms with Crippen molar-refractivity contribution in [2.45, 2.75) is 86.3 Å². The second kappa shape index (κ2) is 9.74. The Balaban J connectivity index is 1.68. The quantitative estimate of drug-likeness (QED) is 0.181. The fourth-order valence-corrected chi connectivity index (χ4v) is 3.60. The maximum absolute atomic E-state index is 10.4. The van der Waals surface area contributed by atoms with E-state index in [-0.39, 0.29) is 0 Å². The summed E-state index contributed by atoms with van der Waals surface area (Å²) in [4.78, 5) is 0. The average molecular weight is 458 g/mol. The van der Waals surface area contributed by atoms with E-state index in [0.717, 1.165) is 0 Å². The molecule has 3 aliphatic rings. The number of aliphatic hydroxyl groups is 9. The Hall–Kier alpha value is -0.560. The summed E-state index contributed by atoms with van der Waals surface area (Å²) in [5.41, 5.74) is -1.99. The van der Waals surface area contributed by atoms with Gasteiger partial charge in [-0.05, 0) is 6.92 Å². The molecule has 0 aromatic carbocycles. The van der Waals surface area contributed by atoms with Crippen molar-refractivity contribution in [1.29, 1.82) is 0 Å². The van der Waals surface area contributed by atoms with E-state index in [0.29, 0.717) is 0 Å². The van der Waals surface area contributed by atoms with Gasteiger partial charge in [0.15, 0.2) is 18.9 Å². The van der Waals surface area contributed by atoms with Crippen LogP contribution < -0.4 is 0 Å². The summed E-state index contributed by atoms with van der Waals surface area (Å²) in [5, 5.41) is 89.0. The van der Waals surface area contributed by atoms with Crippen LogP contribution in [0.25, 0.3) is 0 Å². The number of hydrogen-bond donors (Lipinski definition) is 9. The van der Waals surface area contributed by atoms with Crippen LogP contribution in [-0.2, 0) is 23.7 Å². The lowest BCUT2D eigenvalue weighted by molar-refractivity contribution is -0.344. The lowest BCUT2D eigenvalue weighted by atomic mass is 9.98. The molecule has 3 saturated heterocycles. The van der Waals surface area contributed by atoms with Crippen molar-refractivity contribution in [3.63, 3.8) is 0 Å². The monoisotopic (exact) mass is 458 g/mol. The van der Waals surface area contributed by atoms with Crippen molar-refractivity contribution >= 4 is 0 Å². The molecule has 0 aromatic heterocycles. The molecule has 0 aromatic rings. The molecule has 0 amide bonds. The molecule has 182 valence electrons. The fourth-order valence-electron chi connectivity index (χ4n) is 3.60. The van der Waals surface area contributed by atoms with Crippen LogP contribution in [0.2, 0.25) is 0 Å². The van der Waals surface area contributed by atoms with Crippen molar-refractivity contribution in [2.75, 3.05) is 19.8 Å². The Labute approximate surface area is 176 Å². The largest absolute Gasteiger partial charge is 0.393 e. The second-order valence-corrected chi connectivity index (χ2v) is 8.05. The highest BCUT2D eigenvalue weighted by Crippen LogP contribution is 2.31. The van der Waals surface area contributed by atoms with Crippen LogP contribution in [0, 0.1) is 0 Å². The molecule has 0 bridgehead atoms. The molecule has 14 nitrogen and oxygen atoms in total. The predicted octanol–water partition coefficient (Wildman–Crippen LogP) is -5.90. The highest BCUT2D eigenvalue weighted by atomic mass is 16.8. The van der Waals surface area contributed by atoms with Crippen molar-refractivity contribution in [3.8, 4) is 0 Å². The summed E-state index contributed by atoms with van der Waals surface area (Å²) in [6.07, 6.45) is -18.1. The summed E-state index contributed by atoms with van der Waals surface area (Å²) >= 11 is 0. The van der Waals surface area contributed by atoms with Gasteiger partial charge in [0.2, 0.25) is 0 Å². The molecule has 3 fully saturated rings. The normalized spacial score (nSPS) is 53.6. The third-order valence-corrected chi connectivity index (χ3v) is 5.77. The van der Waals surface area contributed by atoms with Gasteiger partial charge in [-0.15, -0.1) is 0 Å². The van der Waals surface area contributed by atoms with E-state index in [9.17, 15) is 46.0 Å². The highest BCUT2D eigenvalue weighted by Gasteiger charge is 2.53. The molecule has 14 heteroatoms. The lowest BCUT2D eigenvalue weighted by Gasteiger charge is -2.43. The number of ether oxygens (including phenoxy) is 5. The third kappa shape index (κ3) is 4.87. The van der Waals surface area contributed by atoms with Crippen molar-refractivity contribution in [2.24, 2.45) is 0 Å². The molecule has 3 heterocycles. The van der Waals surface area contributed by atoms with Gasteiger partial charge in [0.1, 0.15) is 54.4 Å². The first-order chi connectivity index (χ1) is 14.5. The van der Waals surface area contributed by atoms with Gasteiger partial charge in [0, 0.05) is 0 Å². The fraction of sp³-hybridized carbons (Fsp3) is 1.00. The minimum Gasteiger partial charge on any atom is -0.393 e. The smallest absolute Gasteiger partial charge is 0.187 e. The zero-order valence-corrected chi connectivity index (χ0v) is 16.6. The molecule has 0 unspecified atom stereocenters. The molecular weight excluding hydrogens is 428 g/mol. The molecule has 13 atom stereocenters. The Kier molecular flexibility index (Phi) is 7.88. The molecule has 0 spiro atoms. The molecule has 0 aliphatic carbocycles. The van der Waals surface area contributed by atoms with E-state index in [1.54, 1.807) is 0 Å². The van der Waals surface area contributed by atoms with Gasteiger partial charge in [0.25, 0.3) is 0 Å². The lowest BCUT2D eigenvalue weighted by Crippen LogP contribution is -2.62. The number of aliphatic hydroxyl groups excluding tert-OH is 8. The minimum absolute atomic E-state index is 0.455. The summed E-state index contributed by atoms with van der Waals surface area (Å²) < 4.78 is 26.6. The molecule has 31 heavy (non-hydrogen) atoms. The van der Waals surface area contributed by atoms with Crippen LogP contribution in [0.5, 0.6) is 0 Å². The van der Waals surface area contributed by atoms with Gasteiger partial charge in [-0.1, -0.05) is 0 Å². The Morgan fingerprint density at radius 1 is 0.871 bits per heavy atom. The zero-order valence-electron chi connectivity index (χ0n) is 16.6. The van der Waals surface area contributed by atoms with E-state index < -0.39 is 99.2 Å². The van der Waals surface area contributed by atoms with E-state index in [4.69, 9.17) is 23.7 Å². The van der Waals surface area contributed by atoms with Crippen molar-refractivity contribution < 1.29 is 69.6 Å².